The normalized spacial score (nSPS) is 11.6. The molecule has 0 saturated heterocycles. The van der Waals surface area contributed by atoms with Crippen molar-refractivity contribution >= 4 is 5.91 Å². The standard InChI is InChI=1S/C13H28N2O3/c1-5-12(16)14-6-8-17-10-11-18-9-7-15-13(2,3)4/h15H,5-11H2,1-4H3,(H,14,16). The van der Waals surface area contributed by atoms with Gasteiger partial charge in [-0.2, -0.15) is 0 Å². The number of rotatable bonds is 10. The molecule has 0 radical (unpaired) electrons. The number of hydrogen-bond donors (Lipinski definition) is 2. The molecule has 5 nitrogen and oxygen atoms in total. The molecule has 0 unspecified atom stereocenters. The summed E-state index contributed by atoms with van der Waals surface area (Å²) in [5.41, 5.74) is 0.136. The maximum absolute atomic E-state index is 10.9. The molecule has 0 aromatic heterocycles. The molecular weight excluding hydrogens is 232 g/mol. The highest BCUT2D eigenvalue weighted by atomic mass is 16.5. The van der Waals surface area contributed by atoms with Gasteiger partial charge < -0.3 is 20.1 Å². The summed E-state index contributed by atoms with van der Waals surface area (Å²) in [5, 5.41) is 6.08. The summed E-state index contributed by atoms with van der Waals surface area (Å²) >= 11 is 0. The monoisotopic (exact) mass is 260 g/mol. The van der Waals surface area contributed by atoms with Crippen LogP contribution in [0.15, 0.2) is 0 Å². The summed E-state index contributed by atoms with van der Waals surface area (Å²) < 4.78 is 10.7. The van der Waals surface area contributed by atoms with Crippen LogP contribution >= 0.6 is 0 Å². The van der Waals surface area contributed by atoms with Crippen molar-refractivity contribution < 1.29 is 14.3 Å². The van der Waals surface area contributed by atoms with Crippen molar-refractivity contribution in [2.75, 3.05) is 39.5 Å². The van der Waals surface area contributed by atoms with E-state index in [1.807, 2.05) is 6.92 Å². The van der Waals surface area contributed by atoms with E-state index in [0.717, 1.165) is 6.54 Å². The first-order valence-corrected chi connectivity index (χ1v) is 6.63. The maximum atomic E-state index is 10.9. The number of carbonyl (C=O) groups is 1. The first-order chi connectivity index (χ1) is 8.45. The number of ether oxygens (including phenoxy) is 2. The van der Waals surface area contributed by atoms with Gasteiger partial charge in [0.2, 0.25) is 5.91 Å². The Morgan fingerprint density at radius 2 is 1.56 bits per heavy atom. The lowest BCUT2D eigenvalue weighted by Crippen LogP contribution is -2.38. The lowest BCUT2D eigenvalue weighted by Gasteiger charge is -2.20. The van der Waals surface area contributed by atoms with E-state index < -0.39 is 0 Å². The van der Waals surface area contributed by atoms with Gasteiger partial charge >= 0.3 is 0 Å². The summed E-state index contributed by atoms with van der Waals surface area (Å²) in [6.07, 6.45) is 0.518. The van der Waals surface area contributed by atoms with Crippen LogP contribution < -0.4 is 10.6 Å². The van der Waals surface area contributed by atoms with E-state index in [2.05, 4.69) is 31.4 Å². The molecule has 18 heavy (non-hydrogen) atoms. The first kappa shape index (κ1) is 17.4. The third kappa shape index (κ3) is 13.4. The highest BCUT2D eigenvalue weighted by molar-refractivity contribution is 5.75. The van der Waals surface area contributed by atoms with E-state index in [1.54, 1.807) is 0 Å². The molecule has 0 aromatic carbocycles. The SMILES string of the molecule is CCC(=O)NCCOCCOCCNC(C)(C)C. The molecular formula is C13H28N2O3. The van der Waals surface area contributed by atoms with Crippen LogP contribution in [0.25, 0.3) is 0 Å². The quantitative estimate of drug-likeness (QED) is 0.574. The van der Waals surface area contributed by atoms with Gasteiger partial charge in [0.1, 0.15) is 0 Å². The number of hydrogen-bond acceptors (Lipinski definition) is 4. The lowest BCUT2D eigenvalue weighted by atomic mass is 10.1. The van der Waals surface area contributed by atoms with Gasteiger partial charge in [-0.05, 0) is 20.8 Å². The second-order valence-electron chi connectivity index (χ2n) is 5.11. The van der Waals surface area contributed by atoms with Crippen LogP contribution in [-0.4, -0.2) is 51.0 Å². The highest BCUT2D eigenvalue weighted by Crippen LogP contribution is 1.96. The van der Waals surface area contributed by atoms with E-state index in [1.165, 1.54) is 0 Å². The second-order valence-corrected chi connectivity index (χ2v) is 5.11. The van der Waals surface area contributed by atoms with Crippen LogP contribution in [0.3, 0.4) is 0 Å². The van der Waals surface area contributed by atoms with Gasteiger partial charge in [0, 0.05) is 25.0 Å². The van der Waals surface area contributed by atoms with Gasteiger partial charge in [-0.3, -0.25) is 4.79 Å². The molecule has 0 fully saturated rings. The van der Waals surface area contributed by atoms with Crippen LogP contribution in [-0.2, 0) is 14.3 Å². The van der Waals surface area contributed by atoms with Crippen molar-refractivity contribution in [3.8, 4) is 0 Å². The first-order valence-electron chi connectivity index (χ1n) is 6.63. The maximum Gasteiger partial charge on any atom is 0.219 e. The minimum atomic E-state index is 0.0584. The fourth-order valence-electron chi connectivity index (χ4n) is 1.21. The molecule has 0 spiro atoms. The zero-order valence-electron chi connectivity index (χ0n) is 12.2. The third-order valence-electron chi connectivity index (χ3n) is 2.16. The Bertz CT molecular complexity index is 215. The number of carbonyl (C=O) groups excluding carboxylic acids is 1. The molecule has 0 bridgehead atoms. The molecule has 0 aromatic rings. The molecule has 2 N–H and O–H groups in total. The van der Waals surface area contributed by atoms with Crippen LogP contribution in [0.2, 0.25) is 0 Å². The summed E-state index contributed by atoms with van der Waals surface area (Å²) in [7, 11) is 0. The second kappa shape index (κ2) is 10.3. The van der Waals surface area contributed by atoms with Crippen molar-refractivity contribution in [3.63, 3.8) is 0 Å². The predicted molar refractivity (Wildman–Crippen MR) is 72.7 cm³/mol. The summed E-state index contributed by atoms with van der Waals surface area (Å²) in [5.74, 6) is 0.0584. The fraction of sp³-hybridized carbons (Fsp3) is 0.923. The number of nitrogens with one attached hydrogen (secondary N) is 2. The van der Waals surface area contributed by atoms with Gasteiger partial charge in [0.05, 0.1) is 26.4 Å². The molecule has 0 aliphatic heterocycles. The predicted octanol–water partition coefficient (Wildman–Crippen LogP) is 0.934. The van der Waals surface area contributed by atoms with Crippen LogP contribution in [0.4, 0.5) is 0 Å². The van der Waals surface area contributed by atoms with Gasteiger partial charge in [-0.25, -0.2) is 0 Å². The minimum Gasteiger partial charge on any atom is -0.378 e. The lowest BCUT2D eigenvalue weighted by molar-refractivity contribution is -0.121. The van der Waals surface area contributed by atoms with E-state index in [-0.39, 0.29) is 11.4 Å². The topological polar surface area (TPSA) is 59.6 Å². The van der Waals surface area contributed by atoms with Gasteiger partial charge in [-0.1, -0.05) is 6.92 Å². The Balaban J connectivity index is 3.10. The van der Waals surface area contributed by atoms with E-state index in [4.69, 9.17) is 9.47 Å². The summed E-state index contributed by atoms with van der Waals surface area (Å²) in [6.45, 7) is 12.0. The largest absolute Gasteiger partial charge is 0.378 e. The molecule has 0 atom stereocenters. The van der Waals surface area contributed by atoms with E-state index in [9.17, 15) is 4.79 Å². The zero-order chi connectivity index (χ0) is 13.9. The summed E-state index contributed by atoms with van der Waals surface area (Å²) in [6, 6.07) is 0. The van der Waals surface area contributed by atoms with Crippen LogP contribution in [0.1, 0.15) is 34.1 Å². The average Bonchev–Trinajstić information content (AvgIpc) is 2.29. The van der Waals surface area contributed by atoms with Gasteiger partial charge in [0.25, 0.3) is 0 Å². The van der Waals surface area contributed by atoms with Crippen molar-refractivity contribution in [1.82, 2.24) is 10.6 Å². The van der Waals surface area contributed by atoms with Gasteiger partial charge in [-0.15, -0.1) is 0 Å². The molecule has 0 rings (SSSR count). The Labute approximate surface area is 111 Å². The van der Waals surface area contributed by atoms with Crippen molar-refractivity contribution in [3.05, 3.63) is 0 Å². The molecule has 108 valence electrons. The summed E-state index contributed by atoms with van der Waals surface area (Å²) in [4.78, 5) is 10.9. The van der Waals surface area contributed by atoms with Crippen molar-refractivity contribution in [2.24, 2.45) is 0 Å². The molecule has 0 saturated carbocycles. The minimum absolute atomic E-state index is 0.0584. The highest BCUT2D eigenvalue weighted by Gasteiger charge is 2.06. The zero-order valence-corrected chi connectivity index (χ0v) is 12.2. The van der Waals surface area contributed by atoms with Crippen molar-refractivity contribution in [1.29, 1.82) is 0 Å². The molecule has 1 amide bonds. The Kier molecular flexibility index (Phi) is 9.92. The molecule has 0 aliphatic rings. The third-order valence-corrected chi connectivity index (χ3v) is 2.16. The average molecular weight is 260 g/mol. The Hall–Kier alpha value is -0.650. The van der Waals surface area contributed by atoms with Crippen LogP contribution in [0, 0.1) is 0 Å². The van der Waals surface area contributed by atoms with Crippen LogP contribution in [0.5, 0.6) is 0 Å². The van der Waals surface area contributed by atoms with Gasteiger partial charge in [0.15, 0.2) is 0 Å². The Morgan fingerprint density at radius 3 is 2.06 bits per heavy atom. The van der Waals surface area contributed by atoms with E-state index in [0.29, 0.717) is 39.4 Å². The smallest absolute Gasteiger partial charge is 0.219 e. The van der Waals surface area contributed by atoms with Crippen molar-refractivity contribution in [2.45, 2.75) is 39.7 Å². The van der Waals surface area contributed by atoms with E-state index >= 15 is 0 Å². The number of amides is 1. The molecule has 5 heteroatoms. The fourth-order valence-corrected chi connectivity index (χ4v) is 1.21. The molecule has 0 heterocycles. The molecule has 0 aliphatic carbocycles. The Morgan fingerprint density at radius 1 is 1.00 bits per heavy atom.